The lowest BCUT2D eigenvalue weighted by atomic mass is 11.0. The van der Waals surface area contributed by atoms with Crippen LogP contribution in [0.25, 0.3) is 0 Å². The van der Waals surface area contributed by atoms with Crippen LogP contribution in [0.4, 0.5) is 11.1 Å². The van der Waals surface area contributed by atoms with E-state index in [1.54, 1.807) is 0 Å². The molecule has 2 heterocycles. The van der Waals surface area contributed by atoms with Crippen molar-refractivity contribution in [3.8, 4) is 0 Å². The SMILES string of the molecule is Nc1n[nH]c(S(=O)(=O)c2cnc(N)s2)n1. The lowest BCUT2D eigenvalue weighted by Crippen LogP contribution is -2.02. The van der Waals surface area contributed by atoms with Crippen molar-refractivity contribution in [2.45, 2.75) is 9.37 Å². The number of aromatic amines is 1. The van der Waals surface area contributed by atoms with E-state index in [4.69, 9.17) is 11.5 Å². The van der Waals surface area contributed by atoms with E-state index in [1.807, 2.05) is 0 Å². The van der Waals surface area contributed by atoms with E-state index in [0.717, 1.165) is 17.5 Å². The summed E-state index contributed by atoms with van der Waals surface area (Å²) in [5.74, 6) is -0.133. The second-order valence-corrected chi connectivity index (χ2v) is 5.67. The Kier molecular flexibility index (Phi) is 2.08. The number of anilines is 2. The second kappa shape index (κ2) is 3.17. The van der Waals surface area contributed by atoms with Gasteiger partial charge in [-0.3, -0.25) is 0 Å². The van der Waals surface area contributed by atoms with Crippen molar-refractivity contribution in [3.05, 3.63) is 6.20 Å². The zero-order valence-corrected chi connectivity index (χ0v) is 8.84. The second-order valence-electron chi connectivity index (χ2n) is 2.52. The molecule has 10 heteroatoms. The van der Waals surface area contributed by atoms with Crippen LogP contribution in [-0.2, 0) is 9.84 Å². The van der Waals surface area contributed by atoms with Crippen LogP contribution < -0.4 is 11.5 Å². The van der Waals surface area contributed by atoms with Crippen molar-refractivity contribution in [2.24, 2.45) is 0 Å². The molecule has 2 rings (SSSR count). The van der Waals surface area contributed by atoms with Gasteiger partial charge >= 0.3 is 0 Å². The molecule has 2 aromatic heterocycles. The number of nitrogens with one attached hydrogen (secondary N) is 1. The highest BCUT2D eigenvalue weighted by Gasteiger charge is 2.24. The molecule has 0 atom stereocenters. The minimum Gasteiger partial charge on any atom is -0.375 e. The van der Waals surface area contributed by atoms with Gasteiger partial charge in [-0.1, -0.05) is 11.3 Å². The standard InChI is InChI=1S/C5H6N6O2S2/c6-3-9-5(11-10-3)15(12,13)2-1-8-4(7)14-2/h1H,(H2,7,8)(H3,6,9,10,11). The number of hydrogen-bond donors (Lipinski definition) is 3. The lowest BCUT2D eigenvalue weighted by molar-refractivity contribution is 0.589. The van der Waals surface area contributed by atoms with Crippen LogP contribution in [0.2, 0.25) is 0 Å². The molecule has 8 nitrogen and oxygen atoms in total. The van der Waals surface area contributed by atoms with E-state index in [2.05, 4.69) is 20.2 Å². The molecule has 5 N–H and O–H groups in total. The topological polar surface area (TPSA) is 141 Å². The number of H-pyrrole nitrogens is 1. The van der Waals surface area contributed by atoms with Crippen molar-refractivity contribution in [3.63, 3.8) is 0 Å². The Balaban J connectivity index is 2.53. The third-order valence-electron chi connectivity index (χ3n) is 1.50. The molecule has 2 aromatic rings. The Morgan fingerprint density at radius 2 is 2.13 bits per heavy atom. The maximum absolute atomic E-state index is 11.8. The number of rotatable bonds is 2. The molecule has 0 aliphatic rings. The average molecular weight is 246 g/mol. The van der Waals surface area contributed by atoms with Gasteiger partial charge in [0.2, 0.25) is 5.95 Å². The van der Waals surface area contributed by atoms with Crippen LogP contribution in [0, 0.1) is 0 Å². The highest BCUT2D eigenvalue weighted by Crippen LogP contribution is 2.24. The minimum absolute atomic E-state index is 0.00356. The highest BCUT2D eigenvalue weighted by molar-refractivity contribution is 7.93. The van der Waals surface area contributed by atoms with Crippen LogP contribution >= 0.6 is 11.3 Å². The van der Waals surface area contributed by atoms with Gasteiger partial charge in [0, 0.05) is 0 Å². The zero-order valence-electron chi connectivity index (χ0n) is 7.21. The van der Waals surface area contributed by atoms with E-state index in [-0.39, 0.29) is 20.4 Å². The van der Waals surface area contributed by atoms with Gasteiger partial charge in [-0.2, -0.15) is 4.98 Å². The van der Waals surface area contributed by atoms with E-state index >= 15 is 0 Å². The summed E-state index contributed by atoms with van der Waals surface area (Å²) < 4.78 is 23.6. The first-order valence-electron chi connectivity index (χ1n) is 3.64. The first-order chi connectivity index (χ1) is 7.00. The summed E-state index contributed by atoms with van der Waals surface area (Å²) in [5, 5.41) is 5.50. The van der Waals surface area contributed by atoms with Crippen molar-refractivity contribution in [1.82, 2.24) is 20.2 Å². The molecule has 80 valence electrons. The molecule has 0 unspecified atom stereocenters. The number of sulfone groups is 1. The summed E-state index contributed by atoms with van der Waals surface area (Å²) >= 11 is 0.849. The molecule has 0 bridgehead atoms. The summed E-state index contributed by atoms with van der Waals surface area (Å²) in [4.78, 5) is 7.17. The van der Waals surface area contributed by atoms with Crippen molar-refractivity contribution >= 4 is 32.3 Å². The van der Waals surface area contributed by atoms with Gasteiger partial charge in [-0.05, 0) is 0 Å². The number of nitrogens with two attached hydrogens (primary N) is 2. The Hall–Kier alpha value is -1.68. The summed E-state index contributed by atoms with van der Waals surface area (Å²) in [5.41, 5.74) is 10.5. The van der Waals surface area contributed by atoms with E-state index in [1.165, 1.54) is 0 Å². The summed E-state index contributed by atoms with van der Waals surface area (Å²) in [7, 11) is -3.73. The number of nitrogens with zero attached hydrogens (tertiary/aromatic N) is 3. The molecule has 15 heavy (non-hydrogen) atoms. The van der Waals surface area contributed by atoms with E-state index < -0.39 is 9.84 Å². The molecular formula is C5H6N6O2S2. The third kappa shape index (κ3) is 1.64. The predicted octanol–water partition coefficient (Wildman–Crippen LogP) is -0.742. The van der Waals surface area contributed by atoms with Crippen LogP contribution in [0.3, 0.4) is 0 Å². The Labute approximate surface area is 88.3 Å². The van der Waals surface area contributed by atoms with Gasteiger partial charge in [0.15, 0.2) is 5.13 Å². The first-order valence-corrected chi connectivity index (χ1v) is 5.94. The van der Waals surface area contributed by atoms with Gasteiger partial charge in [-0.25, -0.2) is 18.5 Å². The summed E-state index contributed by atoms with van der Waals surface area (Å²) in [6.45, 7) is 0. The molecular weight excluding hydrogens is 240 g/mol. The van der Waals surface area contributed by atoms with Crippen LogP contribution in [0.1, 0.15) is 0 Å². The molecule has 0 saturated heterocycles. The Morgan fingerprint density at radius 1 is 1.40 bits per heavy atom. The maximum atomic E-state index is 11.8. The molecule has 0 radical (unpaired) electrons. The molecule has 0 aliphatic heterocycles. The molecule has 0 aliphatic carbocycles. The van der Waals surface area contributed by atoms with E-state index in [0.29, 0.717) is 0 Å². The quantitative estimate of drug-likeness (QED) is 0.633. The number of nitrogen functional groups attached to an aromatic ring is 2. The van der Waals surface area contributed by atoms with Crippen LogP contribution in [0.15, 0.2) is 15.6 Å². The predicted molar refractivity (Wildman–Crippen MR) is 52.8 cm³/mol. The molecule has 0 fully saturated rings. The lowest BCUT2D eigenvalue weighted by Gasteiger charge is -1.93. The molecule has 0 aromatic carbocycles. The number of hydrogen-bond acceptors (Lipinski definition) is 8. The van der Waals surface area contributed by atoms with Gasteiger partial charge in [0.25, 0.3) is 15.0 Å². The molecule has 0 spiro atoms. The molecule has 0 saturated carbocycles. The zero-order chi connectivity index (χ0) is 11.1. The average Bonchev–Trinajstić information content (AvgIpc) is 2.74. The van der Waals surface area contributed by atoms with Crippen molar-refractivity contribution < 1.29 is 8.42 Å². The van der Waals surface area contributed by atoms with Crippen LogP contribution in [0.5, 0.6) is 0 Å². The van der Waals surface area contributed by atoms with Crippen LogP contribution in [-0.4, -0.2) is 28.6 Å². The summed E-state index contributed by atoms with van der Waals surface area (Å²) in [6, 6.07) is 0. The highest BCUT2D eigenvalue weighted by atomic mass is 32.2. The Bertz CT molecular complexity index is 538. The summed E-state index contributed by atoms with van der Waals surface area (Å²) in [6.07, 6.45) is 1.16. The monoisotopic (exact) mass is 246 g/mol. The first kappa shape index (κ1) is 9.86. The molecule has 0 amide bonds. The van der Waals surface area contributed by atoms with Gasteiger partial charge in [0.1, 0.15) is 4.21 Å². The fourth-order valence-electron chi connectivity index (χ4n) is 0.871. The largest absolute Gasteiger partial charge is 0.375 e. The fraction of sp³-hybridized carbons (Fsp3) is 0. The van der Waals surface area contributed by atoms with Gasteiger partial charge < -0.3 is 11.5 Å². The number of aromatic nitrogens is 4. The third-order valence-corrected chi connectivity index (χ3v) is 4.36. The van der Waals surface area contributed by atoms with Crippen molar-refractivity contribution in [1.29, 1.82) is 0 Å². The minimum atomic E-state index is -3.73. The van der Waals surface area contributed by atoms with E-state index in [9.17, 15) is 8.42 Å². The normalized spacial score (nSPS) is 11.7. The van der Waals surface area contributed by atoms with Gasteiger partial charge in [0.05, 0.1) is 6.20 Å². The number of thiazole rings is 1. The smallest absolute Gasteiger partial charge is 0.252 e. The Morgan fingerprint density at radius 3 is 2.60 bits per heavy atom. The van der Waals surface area contributed by atoms with Crippen molar-refractivity contribution in [2.75, 3.05) is 11.5 Å². The van der Waals surface area contributed by atoms with Gasteiger partial charge in [-0.15, -0.1) is 5.10 Å². The fourth-order valence-corrected chi connectivity index (χ4v) is 2.98. The maximum Gasteiger partial charge on any atom is 0.252 e.